The molecule has 0 saturated heterocycles. The van der Waals surface area contributed by atoms with E-state index < -0.39 is 0 Å². The molecule has 4 aromatic rings. The van der Waals surface area contributed by atoms with Gasteiger partial charge in [-0.1, -0.05) is 42.5 Å². The second kappa shape index (κ2) is 8.35. The Labute approximate surface area is 163 Å². The van der Waals surface area contributed by atoms with Crippen molar-refractivity contribution in [3.8, 4) is 5.69 Å². The summed E-state index contributed by atoms with van der Waals surface area (Å²) in [5, 5.41) is 7.30. The number of para-hydroxylation sites is 1. The van der Waals surface area contributed by atoms with E-state index in [9.17, 15) is 4.79 Å². The van der Waals surface area contributed by atoms with Gasteiger partial charge in [-0.15, -0.1) is 0 Å². The molecule has 2 aromatic carbocycles. The van der Waals surface area contributed by atoms with Crippen molar-refractivity contribution in [2.75, 3.05) is 0 Å². The van der Waals surface area contributed by atoms with Crippen LogP contribution >= 0.6 is 0 Å². The third-order valence-electron chi connectivity index (χ3n) is 4.46. The molecular formula is C22H21N5O. The van der Waals surface area contributed by atoms with Crippen LogP contribution in [0.4, 0.5) is 0 Å². The van der Waals surface area contributed by atoms with E-state index >= 15 is 0 Å². The summed E-state index contributed by atoms with van der Waals surface area (Å²) in [5.41, 5.74) is 4.13. The molecule has 4 rings (SSSR count). The maximum absolute atomic E-state index is 12.3. The van der Waals surface area contributed by atoms with Gasteiger partial charge in [0, 0.05) is 31.7 Å². The summed E-state index contributed by atoms with van der Waals surface area (Å²) < 4.78 is 3.80. The van der Waals surface area contributed by atoms with Gasteiger partial charge >= 0.3 is 0 Å². The van der Waals surface area contributed by atoms with E-state index in [0.29, 0.717) is 13.0 Å². The minimum Gasteiger partial charge on any atom is -0.352 e. The van der Waals surface area contributed by atoms with Crippen molar-refractivity contribution in [2.24, 2.45) is 0 Å². The SMILES string of the molecule is O=C(Cc1cnn(-c2ccccc2)c1)NCc1ccc(Cn2ccnc2)cc1. The molecule has 0 aliphatic rings. The molecule has 0 spiro atoms. The van der Waals surface area contributed by atoms with E-state index in [-0.39, 0.29) is 5.91 Å². The molecule has 1 amide bonds. The number of aromatic nitrogens is 4. The molecule has 6 nitrogen and oxygen atoms in total. The highest BCUT2D eigenvalue weighted by molar-refractivity contribution is 5.78. The summed E-state index contributed by atoms with van der Waals surface area (Å²) in [5.74, 6) is -0.0184. The Morgan fingerprint density at radius 2 is 1.75 bits per heavy atom. The smallest absolute Gasteiger partial charge is 0.224 e. The van der Waals surface area contributed by atoms with Gasteiger partial charge in [0.05, 0.1) is 24.6 Å². The van der Waals surface area contributed by atoms with E-state index in [1.807, 2.05) is 59.4 Å². The number of nitrogens with one attached hydrogen (secondary N) is 1. The first kappa shape index (κ1) is 17.7. The molecule has 0 aliphatic carbocycles. The lowest BCUT2D eigenvalue weighted by Crippen LogP contribution is -2.24. The summed E-state index contributed by atoms with van der Waals surface area (Å²) in [7, 11) is 0. The molecular weight excluding hydrogens is 350 g/mol. The minimum atomic E-state index is -0.0184. The number of benzene rings is 2. The van der Waals surface area contributed by atoms with Crippen molar-refractivity contribution < 1.29 is 4.79 Å². The molecule has 0 aliphatic heterocycles. The van der Waals surface area contributed by atoms with Gasteiger partial charge in [0.1, 0.15) is 0 Å². The third-order valence-corrected chi connectivity index (χ3v) is 4.46. The summed E-state index contributed by atoms with van der Waals surface area (Å²) in [6.07, 6.45) is 9.44. The monoisotopic (exact) mass is 371 g/mol. The van der Waals surface area contributed by atoms with Crippen LogP contribution in [0.2, 0.25) is 0 Å². The van der Waals surface area contributed by atoms with Gasteiger partial charge in [-0.3, -0.25) is 4.79 Å². The van der Waals surface area contributed by atoms with E-state index in [1.165, 1.54) is 5.56 Å². The first-order valence-electron chi connectivity index (χ1n) is 9.15. The number of amides is 1. The average molecular weight is 371 g/mol. The van der Waals surface area contributed by atoms with Crippen molar-refractivity contribution in [1.82, 2.24) is 24.6 Å². The number of imidazole rings is 1. The fourth-order valence-electron chi connectivity index (χ4n) is 2.98. The zero-order chi connectivity index (χ0) is 19.2. The van der Waals surface area contributed by atoms with Crippen molar-refractivity contribution in [2.45, 2.75) is 19.5 Å². The summed E-state index contributed by atoms with van der Waals surface area (Å²) in [4.78, 5) is 16.3. The molecule has 1 N–H and O–H groups in total. The highest BCUT2D eigenvalue weighted by Crippen LogP contribution is 2.09. The Morgan fingerprint density at radius 1 is 0.964 bits per heavy atom. The maximum atomic E-state index is 12.3. The molecule has 2 heterocycles. The first-order chi connectivity index (χ1) is 13.8. The zero-order valence-corrected chi connectivity index (χ0v) is 15.4. The van der Waals surface area contributed by atoms with Crippen molar-refractivity contribution >= 4 is 5.91 Å². The van der Waals surface area contributed by atoms with E-state index in [4.69, 9.17) is 0 Å². The molecule has 0 saturated carbocycles. The van der Waals surface area contributed by atoms with Gasteiger partial charge in [0.25, 0.3) is 0 Å². The lowest BCUT2D eigenvalue weighted by Gasteiger charge is -2.07. The van der Waals surface area contributed by atoms with Crippen molar-refractivity contribution in [3.63, 3.8) is 0 Å². The fraction of sp³-hybridized carbons (Fsp3) is 0.136. The topological polar surface area (TPSA) is 64.7 Å². The van der Waals surface area contributed by atoms with Crippen LogP contribution in [0.1, 0.15) is 16.7 Å². The molecule has 0 unspecified atom stereocenters. The van der Waals surface area contributed by atoms with Crippen LogP contribution in [0.5, 0.6) is 0 Å². The Balaban J connectivity index is 1.28. The standard InChI is InChI=1S/C22H21N5O/c28-22(12-20-14-25-27(16-20)21-4-2-1-3-5-21)24-13-18-6-8-19(9-7-18)15-26-11-10-23-17-26/h1-11,14,16-17H,12-13,15H2,(H,24,28). The van der Waals surface area contributed by atoms with Crippen LogP contribution in [0.15, 0.2) is 85.7 Å². The predicted octanol–water partition coefficient (Wildman–Crippen LogP) is 2.98. The van der Waals surface area contributed by atoms with E-state index in [2.05, 4.69) is 27.5 Å². The predicted molar refractivity (Wildman–Crippen MR) is 107 cm³/mol. The Kier molecular flexibility index (Phi) is 5.29. The van der Waals surface area contributed by atoms with Crippen LogP contribution in [0, 0.1) is 0 Å². The fourth-order valence-corrected chi connectivity index (χ4v) is 2.98. The van der Waals surface area contributed by atoms with Gasteiger partial charge in [-0.05, 0) is 28.8 Å². The summed E-state index contributed by atoms with van der Waals surface area (Å²) >= 11 is 0. The lowest BCUT2D eigenvalue weighted by molar-refractivity contribution is -0.120. The zero-order valence-electron chi connectivity index (χ0n) is 15.4. The number of hydrogen-bond donors (Lipinski definition) is 1. The molecule has 0 atom stereocenters. The largest absolute Gasteiger partial charge is 0.352 e. The second-order valence-electron chi connectivity index (χ2n) is 6.63. The van der Waals surface area contributed by atoms with Gasteiger partial charge in [-0.2, -0.15) is 5.10 Å². The summed E-state index contributed by atoms with van der Waals surface area (Å²) in [6.45, 7) is 1.30. The van der Waals surface area contributed by atoms with Crippen LogP contribution in [0.3, 0.4) is 0 Å². The Hall–Kier alpha value is -3.67. The number of nitrogens with zero attached hydrogens (tertiary/aromatic N) is 4. The number of carbonyl (C=O) groups excluding carboxylic acids is 1. The van der Waals surface area contributed by atoms with E-state index in [0.717, 1.165) is 23.4 Å². The molecule has 0 fully saturated rings. The van der Waals surface area contributed by atoms with Crippen LogP contribution in [0.25, 0.3) is 5.69 Å². The maximum Gasteiger partial charge on any atom is 0.224 e. The Bertz CT molecular complexity index is 1020. The average Bonchev–Trinajstić information content (AvgIpc) is 3.40. The Morgan fingerprint density at radius 3 is 2.50 bits per heavy atom. The first-order valence-corrected chi connectivity index (χ1v) is 9.15. The van der Waals surface area contributed by atoms with Gasteiger partial charge in [0.2, 0.25) is 5.91 Å². The van der Waals surface area contributed by atoms with Crippen LogP contribution in [-0.2, 0) is 24.3 Å². The quantitative estimate of drug-likeness (QED) is 0.543. The second-order valence-corrected chi connectivity index (χ2v) is 6.63. The number of rotatable bonds is 7. The molecule has 0 bridgehead atoms. The van der Waals surface area contributed by atoms with Gasteiger partial charge in [-0.25, -0.2) is 9.67 Å². The van der Waals surface area contributed by atoms with Crippen LogP contribution < -0.4 is 5.32 Å². The van der Waals surface area contributed by atoms with Crippen molar-refractivity contribution in [3.05, 3.63) is 102 Å². The lowest BCUT2D eigenvalue weighted by atomic mass is 10.1. The molecule has 2 aromatic heterocycles. The van der Waals surface area contributed by atoms with Gasteiger partial charge in [0.15, 0.2) is 0 Å². The number of carbonyl (C=O) groups is 1. The molecule has 0 radical (unpaired) electrons. The van der Waals surface area contributed by atoms with Crippen LogP contribution in [-0.4, -0.2) is 25.2 Å². The minimum absolute atomic E-state index is 0.0184. The molecule has 6 heteroatoms. The molecule has 140 valence electrons. The normalized spacial score (nSPS) is 10.7. The third kappa shape index (κ3) is 4.54. The highest BCUT2D eigenvalue weighted by Gasteiger charge is 2.07. The summed E-state index contributed by atoms with van der Waals surface area (Å²) in [6, 6.07) is 18.1. The van der Waals surface area contributed by atoms with E-state index in [1.54, 1.807) is 23.4 Å². The highest BCUT2D eigenvalue weighted by atomic mass is 16.1. The molecule has 28 heavy (non-hydrogen) atoms. The van der Waals surface area contributed by atoms with Gasteiger partial charge < -0.3 is 9.88 Å². The number of hydrogen-bond acceptors (Lipinski definition) is 3. The van der Waals surface area contributed by atoms with Crippen molar-refractivity contribution in [1.29, 1.82) is 0 Å².